The molecule has 2 rings (SSSR count). The van der Waals surface area contributed by atoms with Gasteiger partial charge in [0.05, 0.1) is 0 Å². The van der Waals surface area contributed by atoms with E-state index in [1.165, 1.54) is 5.56 Å². The fourth-order valence-electron chi connectivity index (χ4n) is 1.51. The number of pyridine rings is 1. The number of hydrogen-bond acceptors (Lipinski definition) is 1. The number of hydrogen-bond donors (Lipinski definition) is 0. The summed E-state index contributed by atoms with van der Waals surface area (Å²) in [6.45, 7) is 2.06. The summed E-state index contributed by atoms with van der Waals surface area (Å²) in [5, 5.41) is 0. The molecule has 76 valence electrons. The average molecular weight is 199 g/mol. The Morgan fingerprint density at radius 2 is 1.53 bits per heavy atom. The van der Waals surface area contributed by atoms with Crippen LogP contribution in [-0.2, 0) is 7.05 Å². The van der Waals surface area contributed by atoms with Crippen LogP contribution in [0.4, 0.5) is 0 Å². The van der Waals surface area contributed by atoms with Gasteiger partial charge in [0.15, 0.2) is 0 Å². The first-order chi connectivity index (χ1) is 7.16. The first kappa shape index (κ1) is 9.71. The zero-order valence-electron chi connectivity index (χ0n) is 8.90. The van der Waals surface area contributed by atoms with E-state index in [4.69, 9.17) is 0 Å². The van der Waals surface area contributed by atoms with Gasteiger partial charge >= 0.3 is 0 Å². The lowest BCUT2D eigenvalue weighted by Gasteiger charge is -2.04. The lowest BCUT2D eigenvalue weighted by atomic mass is 10.1. The van der Waals surface area contributed by atoms with E-state index < -0.39 is 0 Å². The number of benzene rings is 1. The van der Waals surface area contributed by atoms with Gasteiger partial charge in [0.25, 0.3) is 0 Å². The summed E-state index contributed by atoms with van der Waals surface area (Å²) in [7, 11) is 1.76. The lowest BCUT2D eigenvalue weighted by molar-refractivity contribution is 0.862. The molecule has 15 heavy (non-hydrogen) atoms. The number of nitrogens with zero attached hydrogens (tertiary/aromatic N) is 1. The monoisotopic (exact) mass is 199 g/mol. The molecule has 0 bridgehead atoms. The van der Waals surface area contributed by atoms with Crippen molar-refractivity contribution < 1.29 is 0 Å². The third-order valence-electron chi connectivity index (χ3n) is 2.47. The Hall–Kier alpha value is -1.83. The van der Waals surface area contributed by atoms with Gasteiger partial charge in [0.2, 0.25) is 5.56 Å². The standard InChI is InChI=1S/C13H13NO/c1-10-3-5-11(6-4-10)12-7-8-13(15)14(2)9-12/h3-9H,1-2H3. The topological polar surface area (TPSA) is 22.0 Å². The molecule has 0 radical (unpaired) electrons. The van der Waals surface area contributed by atoms with Crippen molar-refractivity contribution in [2.75, 3.05) is 0 Å². The number of rotatable bonds is 1. The van der Waals surface area contributed by atoms with Crippen LogP contribution in [0.5, 0.6) is 0 Å². The minimum Gasteiger partial charge on any atom is -0.318 e. The molecule has 0 aliphatic carbocycles. The fourth-order valence-corrected chi connectivity index (χ4v) is 1.51. The molecule has 0 N–H and O–H groups in total. The van der Waals surface area contributed by atoms with Crippen molar-refractivity contribution in [1.29, 1.82) is 0 Å². The average Bonchev–Trinajstić information content (AvgIpc) is 2.23. The summed E-state index contributed by atoms with van der Waals surface area (Å²) in [6.07, 6.45) is 1.85. The highest BCUT2D eigenvalue weighted by molar-refractivity contribution is 5.62. The summed E-state index contributed by atoms with van der Waals surface area (Å²) in [6, 6.07) is 11.7. The van der Waals surface area contributed by atoms with Gasteiger partial charge in [-0.3, -0.25) is 4.79 Å². The predicted molar refractivity (Wildman–Crippen MR) is 61.9 cm³/mol. The van der Waals surface area contributed by atoms with Crippen LogP contribution < -0.4 is 5.56 Å². The van der Waals surface area contributed by atoms with Crippen molar-refractivity contribution in [2.24, 2.45) is 7.05 Å². The second kappa shape index (κ2) is 3.73. The van der Waals surface area contributed by atoms with Crippen molar-refractivity contribution in [2.45, 2.75) is 6.92 Å². The number of aromatic nitrogens is 1. The van der Waals surface area contributed by atoms with E-state index in [9.17, 15) is 4.79 Å². The Labute approximate surface area is 88.8 Å². The first-order valence-corrected chi connectivity index (χ1v) is 4.90. The predicted octanol–water partition coefficient (Wildman–Crippen LogP) is 2.36. The molecule has 2 nitrogen and oxygen atoms in total. The van der Waals surface area contributed by atoms with E-state index >= 15 is 0 Å². The maximum atomic E-state index is 11.2. The molecule has 0 atom stereocenters. The first-order valence-electron chi connectivity index (χ1n) is 4.90. The van der Waals surface area contributed by atoms with Gasteiger partial charge in [-0.05, 0) is 24.1 Å². The van der Waals surface area contributed by atoms with E-state index in [-0.39, 0.29) is 5.56 Å². The van der Waals surface area contributed by atoms with Crippen LogP contribution in [0.3, 0.4) is 0 Å². The van der Waals surface area contributed by atoms with Crippen molar-refractivity contribution in [3.8, 4) is 11.1 Å². The van der Waals surface area contributed by atoms with Gasteiger partial charge in [0.1, 0.15) is 0 Å². The SMILES string of the molecule is Cc1ccc(-c2ccc(=O)n(C)c2)cc1. The van der Waals surface area contributed by atoms with Crippen LogP contribution in [-0.4, -0.2) is 4.57 Å². The lowest BCUT2D eigenvalue weighted by Crippen LogP contribution is -2.13. The Morgan fingerprint density at radius 3 is 2.13 bits per heavy atom. The largest absolute Gasteiger partial charge is 0.318 e. The van der Waals surface area contributed by atoms with Gasteiger partial charge in [-0.1, -0.05) is 29.8 Å². The maximum Gasteiger partial charge on any atom is 0.250 e. The molecule has 0 aliphatic rings. The molecule has 0 amide bonds. The normalized spacial score (nSPS) is 10.3. The van der Waals surface area contributed by atoms with Crippen molar-refractivity contribution in [1.82, 2.24) is 4.57 Å². The zero-order chi connectivity index (χ0) is 10.8. The summed E-state index contributed by atoms with van der Waals surface area (Å²) in [4.78, 5) is 11.2. The molecule has 2 aromatic rings. The molecule has 0 aliphatic heterocycles. The zero-order valence-corrected chi connectivity index (χ0v) is 8.90. The Bertz CT molecular complexity index is 523. The van der Waals surface area contributed by atoms with E-state index in [0.29, 0.717) is 0 Å². The molecular formula is C13H13NO. The third-order valence-corrected chi connectivity index (χ3v) is 2.47. The van der Waals surface area contributed by atoms with Crippen LogP contribution in [0.25, 0.3) is 11.1 Å². The second-order valence-electron chi connectivity index (χ2n) is 3.73. The molecule has 1 aromatic carbocycles. The van der Waals surface area contributed by atoms with Crippen molar-refractivity contribution >= 4 is 0 Å². The van der Waals surface area contributed by atoms with E-state index in [1.54, 1.807) is 17.7 Å². The molecule has 2 heteroatoms. The third kappa shape index (κ3) is 1.99. The molecule has 0 unspecified atom stereocenters. The quantitative estimate of drug-likeness (QED) is 0.691. The van der Waals surface area contributed by atoms with Gasteiger partial charge in [-0.25, -0.2) is 0 Å². The molecular weight excluding hydrogens is 186 g/mol. The Kier molecular flexibility index (Phi) is 2.42. The van der Waals surface area contributed by atoms with Crippen LogP contribution in [0.15, 0.2) is 47.4 Å². The van der Waals surface area contributed by atoms with Gasteiger partial charge < -0.3 is 4.57 Å². The summed E-state index contributed by atoms with van der Waals surface area (Å²) in [5.74, 6) is 0. The molecule has 1 heterocycles. The van der Waals surface area contributed by atoms with Gasteiger partial charge in [-0.2, -0.15) is 0 Å². The van der Waals surface area contributed by atoms with Crippen LogP contribution in [0.1, 0.15) is 5.56 Å². The molecule has 0 fully saturated rings. The minimum absolute atomic E-state index is 0.0193. The van der Waals surface area contributed by atoms with Crippen molar-refractivity contribution in [3.05, 3.63) is 58.5 Å². The smallest absolute Gasteiger partial charge is 0.250 e. The second-order valence-corrected chi connectivity index (χ2v) is 3.73. The minimum atomic E-state index is 0.0193. The Morgan fingerprint density at radius 1 is 0.933 bits per heavy atom. The van der Waals surface area contributed by atoms with Crippen LogP contribution in [0, 0.1) is 6.92 Å². The highest BCUT2D eigenvalue weighted by Crippen LogP contribution is 2.17. The summed E-state index contributed by atoms with van der Waals surface area (Å²) >= 11 is 0. The van der Waals surface area contributed by atoms with Crippen molar-refractivity contribution in [3.63, 3.8) is 0 Å². The fraction of sp³-hybridized carbons (Fsp3) is 0.154. The number of aryl methyl sites for hydroxylation is 2. The van der Waals surface area contributed by atoms with E-state index in [2.05, 4.69) is 31.2 Å². The summed E-state index contributed by atoms with van der Waals surface area (Å²) in [5.41, 5.74) is 3.46. The molecule has 0 saturated heterocycles. The van der Waals surface area contributed by atoms with Gasteiger partial charge in [-0.15, -0.1) is 0 Å². The molecule has 1 aromatic heterocycles. The molecule has 0 saturated carbocycles. The molecule has 0 spiro atoms. The Balaban J connectivity index is 2.50. The van der Waals surface area contributed by atoms with Crippen LogP contribution in [0.2, 0.25) is 0 Å². The van der Waals surface area contributed by atoms with E-state index in [1.807, 2.05) is 12.3 Å². The maximum absolute atomic E-state index is 11.2. The van der Waals surface area contributed by atoms with Gasteiger partial charge in [0, 0.05) is 19.3 Å². The van der Waals surface area contributed by atoms with E-state index in [0.717, 1.165) is 11.1 Å². The highest BCUT2D eigenvalue weighted by Gasteiger charge is 1.98. The highest BCUT2D eigenvalue weighted by atomic mass is 16.1. The summed E-state index contributed by atoms with van der Waals surface area (Å²) < 4.78 is 1.59. The van der Waals surface area contributed by atoms with Crippen LogP contribution >= 0.6 is 0 Å².